The number of halogens is 1. The van der Waals surface area contributed by atoms with Gasteiger partial charge < -0.3 is 18.5 Å². The fraction of sp³-hybridized carbons (Fsp3) is 0.533. The third-order valence-corrected chi connectivity index (χ3v) is 12.6. The Morgan fingerprint density at radius 2 is 1.95 bits per heavy atom. The van der Waals surface area contributed by atoms with Crippen molar-refractivity contribution in [2.45, 2.75) is 78.7 Å². The van der Waals surface area contributed by atoms with Gasteiger partial charge in [-0.05, 0) is 62.5 Å². The highest BCUT2D eigenvalue weighted by molar-refractivity contribution is 6.74. The Balaban J connectivity index is 1.91. The van der Waals surface area contributed by atoms with Gasteiger partial charge in [-0.2, -0.15) is 5.10 Å². The maximum Gasteiger partial charge on any atom is 0.355 e. The number of rotatable bonds is 7. The van der Waals surface area contributed by atoms with Crippen molar-refractivity contribution in [3.8, 4) is 11.1 Å². The summed E-state index contributed by atoms with van der Waals surface area (Å²) in [4.78, 5) is 13.5. The molecule has 0 saturated carbocycles. The molecule has 3 aromatic rings. The number of nitrogens with zero attached hydrogens (tertiary/aromatic N) is 3. The van der Waals surface area contributed by atoms with Crippen LogP contribution in [0.1, 0.15) is 61.6 Å². The van der Waals surface area contributed by atoms with Crippen LogP contribution in [0.4, 0.5) is 4.39 Å². The first-order valence-electron chi connectivity index (χ1n) is 13.8. The molecule has 2 aromatic heterocycles. The Bertz CT molecular complexity index is 1400. The largest absolute Gasteiger partial charge is 0.461 e. The summed E-state index contributed by atoms with van der Waals surface area (Å²) in [5.74, 6) is -0.756. The van der Waals surface area contributed by atoms with Crippen LogP contribution < -0.4 is 0 Å². The highest BCUT2D eigenvalue weighted by atomic mass is 28.4. The van der Waals surface area contributed by atoms with Gasteiger partial charge >= 0.3 is 5.97 Å². The topological polar surface area (TPSA) is 67.5 Å². The average Bonchev–Trinajstić information content (AvgIpc) is 3.29. The lowest BCUT2D eigenvalue weighted by molar-refractivity contribution is 0.0513. The van der Waals surface area contributed by atoms with Gasteiger partial charge in [0.05, 0.1) is 36.7 Å². The van der Waals surface area contributed by atoms with Crippen molar-refractivity contribution < 1.29 is 23.1 Å². The number of ether oxygens (including phenoxy) is 2. The van der Waals surface area contributed by atoms with Crippen LogP contribution >= 0.6 is 0 Å². The van der Waals surface area contributed by atoms with Gasteiger partial charge in [-0.3, -0.25) is 4.68 Å². The molecule has 0 spiro atoms. The first-order valence-corrected chi connectivity index (χ1v) is 16.7. The van der Waals surface area contributed by atoms with Gasteiger partial charge in [0.15, 0.2) is 8.32 Å². The number of hydrogen-bond donors (Lipinski definition) is 0. The SMILES string of the molecule is CCOC(=O)c1c(CCCO[Si](C)(C)C(C)(C)C)c2ccc(F)c3c2n1C/C=C\COCc1c-3c(C)nn1C. The predicted octanol–water partition coefficient (Wildman–Crippen LogP) is 6.71. The minimum absolute atomic E-state index is 0.117. The fourth-order valence-corrected chi connectivity index (χ4v) is 6.15. The van der Waals surface area contributed by atoms with Gasteiger partial charge in [-0.15, -0.1) is 0 Å². The van der Waals surface area contributed by atoms with Gasteiger partial charge in [0.1, 0.15) is 11.5 Å². The molecule has 9 heteroatoms. The number of benzene rings is 1. The van der Waals surface area contributed by atoms with Gasteiger partial charge in [0.2, 0.25) is 0 Å². The average molecular weight is 556 g/mol. The number of aryl methyl sites for hydroxylation is 3. The van der Waals surface area contributed by atoms with E-state index in [4.69, 9.17) is 13.9 Å². The van der Waals surface area contributed by atoms with Crippen LogP contribution in [0.2, 0.25) is 18.1 Å². The Morgan fingerprint density at radius 1 is 1.21 bits per heavy atom. The molecule has 1 aromatic carbocycles. The van der Waals surface area contributed by atoms with Crippen molar-refractivity contribution >= 4 is 25.2 Å². The summed E-state index contributed by atoms with van der Waals surface area (Å²) < 4.78 is 37.4. The zero-order chi connectivity index (χ0) is 28.5. The smallest absolute Gasteiger partial charge is 0.355 e. The molecule has 4 rings (SSSR count). The Morgan fingerprint density at radius 3 is 2.64 bits per heavy atom. The van der Waals surface area contributed by atoms with E-state index in [9.17, 15) is 4.79 Å². The first-order chi connectivity index (χ1) is 18.4. The van der Waals surface area contributed by atoms with E-state index in [1.165, 1.54) is 6.07 Å². The molecule has 0 aliphatic carbocycles. The standard InChI is InChI=1S/C30H42FN3O4Si/c1-9-37-29(35)28-21(13-12-18-38-39(7,8)30(3,4)5)22-14-15-23(31)26-25-20(2)32-33(6)24(25)19-36-17-11-10-16-34(28)27(22)26/h10-11,14-15H,9,12-13,16-19H2,1-8H3/b11-10-. The summed E-state index contributed by atoms with van der Waals surface area (Å²) >= 11 is 0. The Hall–Kier alpha value is -2.75. The minimum atomic E-state index is -1.90. The highest BCUT2D eigenvalue weighted by Gasteiger charge is 2.37. The second-order valence-corrected chi connectivity index (χ2v) is 16.5. The quantitative estimate of drug-likeness (QED) is 0.140. The number of fused-ring (bicyclic) bond motifs is 2. The summed E-state index contributed by atoms with van der Waals surface area (Å²) in [5.41, 5.74) is 4.69. The molecule has 0 bridgehead atoms. The molecule has 0 atom stereocenters. The monoisotopic (exact) mass is 555 g/mol. The molecular formula is C30H42FN3O4Si. The van der Waals surface area contributed by atoms with Crippen LogP contribution in [-0.2, 0) is 40.5 Å². The van der Waals surface area contributed by atoms with E-state index in [2.05, 4.69) is 39.0 Å². The van der Waals surface area contributed by atoms with Crippen LogP contribution in [0.15, 0.2) is 24.3 Å². The van der Waals surface area contributed by atoms with Crippen LogP contribution in [0, 0.1) is 12.7 Å². The zero-order valence-electron chi connectivity index (χ0n) is 24.6. The lowest BCUT2D eigenvalue weighted by Crippen LogP contribution is -2.41. The molecule has 212 valence electrons. The molecule has 3 heterocycles. The van der Waals surface area contributed by atoms with E-state index >= 15 is 4.39 Å². The fourth-order valence-electron chi connectivity index (χ4n) is 5.06. The Kier molecular flexibility index (Phi) is 8.54. The van der Waals surface area contributed by atoms with Crippen molar-refractivity contribution in [3.63, 3.8) is 0 Å². The summed E-state index contributed by atoms with van der Waals surface area (Å²) in [6.45, 7) is 16.8. The molecular weight excluding hydrogens is 513 g/mol. The van der Waals surface area contributed by atoms with E-state index < -0.39 is 14.3 Å². The second kappa shape index (κ2) is 11.4. The molecule has 0 saturated heterocycles. The minimum Gasteiger partial charge on any atom is -0.461 e. The summed E-state index contributed by atoms with van der Waals surface area (Å²) in [5, 5.41) is 5.57. The van der Waals surface area contributed by atoms with Gasteiger partial charge in [-0.1, -0.05) is 32.9 Å². The van der Waals surface area contributed by atoms with Crippen LogP contribution in [0.3, 0.4) is 0 Å². The van der Waals surface area contributed by atoms with Crippen molar-refractivity contribution in [1.29, 1.82) is 0 Å². The maximum absolute atomic E-state index is 15.8. The molecule has 0 unspecified atom stereocenters. The zero-order valence-corrected chi connectivity index (χ0v) is 25.6. The molecule has 0 fully saturated rings. The molecule has 7 nitrogen and oxygen atoms in total. The van der Waals surface area contributed by atoms with E-state index in [-0.39, 0.29) is 17.5 Å². The molecule has 0 radical (unpaired) electrons. The predicted molar refractivity (Wildman–Crippen MR) is 155 cm³/mol. The Labute approximate surface area is 232 Å². The molecule has 0 amide bonds. The van der Waals surface area contributed by atoms with Crippen molar-refractivity contribution in [2.24, 2.45) is 7.05 Å². The third-order valence-electron chi connectivity index (χ3n) is 8.09. The van der Waals surface area contributed by atoms with Crippen LogP contribution in [-0.4, -0.2) is 48.5 Å². The number of carbonyl (C=O) groups excluding carboxylic acids is 1. The number of allylic oxidation sites excluding steroid dienone is 1. The van der Waals surface area contributed by atoms with Crippen LogP contribution in [0.25, 0.3) is 22.0 Å². The molecule has 0 N–H and O–H groups in total. The van der Waals surface area contributed by atoms with Crippen molar-refractivity contribution in [2.75, 3.05) is 19.8 Å². The number of carbonyl (C=O) groups is 1. The summed E-state index contributed by atoms with van der Waals surface area (Å²) in [7, 11) is -0.0557. The number of esters is 1. The number of aromatic nitrogens is 3. The highest BCUT2D eigenvalue weighted by Crippen LogP contribution is 2.41. The van der Waals surface area contributed by atoms with E-state index in [0.29, 0.717) is 60.8 Å². The van der Waals surface area contributed by atoms with Gasteiger partial charge in [0, 0.05) is 36.7 Å². The first kappa shape index (κ1) is 29.2. The number of hydrogen-bond acceptors (Lipinski definition) is 5. The van der Waals surface area contributed by atoms with Gasteiger partial charge in [-0.25, -0.2) is 9.18 Å². The van der Waals surface area contributed by atoms with E-state index in [0.717, 1.165) is 23.1 Å². The van der Waals surface area contributed by atoms with Crippen molar-refractivity contribution in [1.82, 2.24) is 14.3 Å². The molecule has 1 aliphatic rings. The third kappa shape index (κ3) is 5.62. The van der Waals surface area contributed by atoms with Gasteiger partial charge in [0.25, 0.3) is 0 Å². The molecule has 39 heavy (non-hydrogen) atoms. The van der Waals surface area contributed by atoms with E-state index in [1.807, 2.05) is 30.7 Å². The lowest BCUT2D eigenvalue weighted by atomic mass is 9.97. The summed E-state index contributed by atoms with van der Waals surface area (Å²) in [6.07, 6.45) is 5.25. The molecule has 1 aliphatic heterocycles. The van der Waals surface area contributed by atoms with Crippen LogP contribution in [0.5, 0.6) is 0 Å². The summed E-state index contributed by atoms with van der Waals surface area (Å²) in [6, 6.07) is 3.29. The maximum atomic E-state index is 15.8. The van der Waals surface area contributed by atoms with E-state index in [1.54, 1.807) is 17.7 Å². The van der Waals surface area contributed by atoms with Crippen molar-refractivity contribution in [3.05, 3.63) is 52.7 Å². The normalized spacial score (nSPS) is 15.2. The lowest BCUT2D eigenvalue weighted by Gasteiger charge is -2.36. The second-order valence-electron chi connectivity index (χ2n) is 11.7.